The molecule has 9 nitrogen and oxygen atoms in total. The zero-order chi connectivity index (χ0) is 20.3. The highest BCUT2D eigenvalue weighted by molar-refractivity contribution is 6.27. The summed E-state index contributed by atoms with van der Waals surface area (Å²) < 4.78 is 5.51. The summed E-state index contributed by atoms with van der Waals surface area (Å²) in [5.41, 5.74) is 12.4. The molecule has 0 saturated carbocycles. The number of hydrogen-bond acceptors (Lipinski definition) is 8. The maximum Gasteiger partial charge on any atom is 0.226 e. The van der Waals surface area contributed by atoms with Crippen LogP contribution in [0.4, 0.5) is 5.95 Å². The average Bonchev–Trinajstić information content (AvgIpc) is 3.25. The molecule has 0 aliphatic carbocycles. The van der Waals surface area contributed by atoms with Gasteiger partial charge in [0.1, 0.15) is 11.2 Å². The second-order valence-electron chi connectivity index (χ2n) is 7.22. The molecule has 3 aromatic rings. The number of anilines is 1. The van der Waals surface area contributed by atoms with E-state index in [1.54, 1.807) is 18.6 Å². The van der Waals surface area contributed by atoms with Crippen LogP contribution in [0.25, 0.3) is 27.9 Å². The molecule has 0 atom stereocenters. The molecular weight excluding hydrogens is 380 g/mol. The lowest BCUT2D eigenvalue weighted by Gasteiger charge is -2.27. The molecule has 2 aliphatic heterocycles. The van der Waals surface area contributed by atoms with Crippen LogP contribution in [0.15, 0.2) is 41.9 Å². The number of fused-ring (bicyclic) bond motifs is 1. The van der Waals surface area contributed by atoms with E-state index in [1.165, 1.54) is 0 Å². The van der Waals surface area contributed by atoms with Gasteiger partial charge in [-0.05, 0) is 12.1 Å². The molecule has 0 bridgehead atoms. The molecule has 5 rings (SSSR count). The van der Waals surface area contributed by atoms with Crippen LogP contribution in [0.2, 0.25) is 0 Å². The first-order chi connectivity index (χ1) is 14.8. The smallest absolute Gasteiger partial charge is 0.226 e. The highest BCUT2D eigenvalue weighted by Gasteiger charge is 2.22. The van der Waals surface area contributed by atoms with E-state index in [2.05, 4.69) is 25.2 Å². The first-order valence-electron chi connectivity index (χ1n) is 10.1. The van der Waals surface area contributed by atoms with Gasteiger partial charge in [0, 0.05) is 67.7 Å². The summed E-state index contributed by atoms with van der Waals surface area (Å²) in [6.45, 7) is 5.17. The fourth-order valence-electron chi connectivity index (χ4n) is 3.88. The Balaban J connectivity index is 1.69. The molecule has 5 heterocycles. The predicted octanol–water partition coefficient (Wildman–Crippen LogP) is 1.20. The minimum absolute atomic E-state index is 0.669. The third-order valence-electron chi connectivity index (χ3n) is 5.41. The van der Waals surface area contributed by atoms with Gasteiger partial charge >= 0.3 is 0 Å². The molecule has 2 aliphatic rings. The van der Waals surface area contributed by atoms with Crippen LogP contribution in [-0.2, 0) is 4.74 Å². The number of aromatic nitrogens is 4. The number of pyridine rings is 1. The van der Waals surface area contributed by atoms with Crippen molar-refractivity contribution in [3.63, 3.8) is 0 Å². The molecule has 4 N–H and O–H groups in total. The third-order valence-corrected chi connectivity index (χ3v) is 5.41. The average molecular weight is 404 g/mol. The van der Waals surface area contributed by atoms with Crippen LogP contribution in [-0.4, -0.2) is 71.6 Å². The standard InChI is InChI=1S/C21H24N8O/c22-11-15(17-13-24-5-6-25-17)16-12-26-20-18(14-1-3-23-4-2-14)27-21(28-19(16)20)29-7-9-30-10-8-29/h1-4,11-12,24,26H,5-10,13,22H2. The summed E-state index contributed by atoms with van der Waals surface area (Å²) in [5.74, 6) is 0.693. The SMILES string of the molecule is NC=C(C1=NCCNC1)c1c[nH]c2c(-c3ccncc3)nc(N3CCOCC3)nc12. The topological polar surface area (TPSA) is 117 Å². The van der Waals surface area contributed by atoms with Crippen LogP contribution < -0.4 is 16.0 Å². The van der Waals surface area contributed by atoms with Crippen LogP contribution in [0.5, 0.6) is 0 Å². The van der Waals surface area contributed by atoms with E-state index in [0.717, 1.165) is 65.3 Å². The van der Waals surface area contributed by atoms with Crippen molar-refractivity contribution in [1.29, 1.82) is 0 Å². The highest BCUT2D eigenvalue weighted by Crippen LogP contribution is 2.32. The number of nitrogens with zero attached hydrogens (tertiary/aromatic N) is 5. The number of H-pyrrole nitrogens is 1. The molecule has 0 spiro atoms. The summed E-state index contributed by atoms with van der Waals surface area (Å²) in [4.78, 5) is 24.2. The molecule has 1 fully saturated rings. The molecule has 1 saturated heterocycles. The molecule has 0 unspecified atom stereocenters. The lowest BCUT2D eigenvalue weighted by molar-refractivity contribution is 0.122. The lowest BCUT2D eigenvalue weighted by Crippen LogP contribution is -2.37. The van der Waals surface area contributed by atoms with E-state index in [-0.39, 0.29) is 0 Å². The molecule has 0 amide bonds. The Bertz CT molecular complexity index is 1100. The van der Waals surface area contributed by atoms with Crippen molar-refractivity contribution in [2.75, 3.05) is 50.8 Å². The van der Waals surface area contributed by atoms with Crippen molar-refractivity contribution in [2.45, 2.75) is 0 Å². The monoisotopic (exact) mass is 404 g/mol. The minimum Gasteiger partial charge on any atom is -0.404 e. The van der Waals surface area contributed by atoms with Gasteiger partial charge in [-0.2, -0.15) is 0 Å². The first kappa shape index (κ1) is 18.7. The lowest BCUT2D eigenvalue weighted by atomic mass is 10.0. The number of nitrogens with two attached hydrogens (primary N) is 1. The van der Waals surface area contributed by atoms with E-state index in [0.29, 0.717) is 25.7 Å². The fourth-order valence-corrected chi connectivity index (χ4v) is 3.88. The van der Waals surface area contributed by atoms with E-state index in [9.17, 15) is 0 Å². The van der Waals surface area contributed by atoms with Crippen molar-refractivity contribution < 1.29 is 4.74 Å². The number of nitrogens with one attached hydrogen (secondary N) is 2. The van der Waals surface area contributed by atoms with Gasteiger partial charge in [0.15, 0.2) is 0 Å². The number of morpholine rings is 1. The van der Waals surface area contributed by atoms with Crippen LogP contribution >= 0.6 is 0 Å². The number of hydrogen-bond donors (Lipinski definition) is 3. The number of ether oxygens (including phenoxy) is 1. The van der Waals surface area contributed by atoms with Gasteiger partial charge in [-0.15, -0.1) is 0 Å². The number of aliphatic imine (C=N–C) groups is 1. The van der Waals surface area contributed by atoms with Gasteiger partial charge in [-0.25, -0.2) is 9.97 Å². The molecule has 30 heavy (non-hydrogen) atoms. The highest BCUT2D eigenvalue weighted by atomic mass is 16.5. The van der Waals surface area contributed by atoms with Crippen LogP contribution in [0, 0.1) is 0 Å². The summed E-state index contributed by atoms with van der Waals surface area (Å²) >= 11 is 0. The quantitative estimate of drug-likeness (QED) is 0.598. The molecule has 3 aromatic heterocycles. The van der Waals surface area contributed by atoms with Crippen molar-refractivity contribution in [3.05, 3.63) is 42.5 Å². The normalized spacial score (nSPS) is 17.9. The summed E-state index contributed by atoms with van der Waals surface area (Å²) in [5, 5.41) is 3.36. The Morgan fingerprint density at radius 2 is 2.00 bits per heavy atom. The molecule has 0 aromatic carbocycles. The summed E-state index contributed by atoms with van der Waals surface area (Å²) in [6, 6.07) is 3.92. The van der Waals surface area contributed by atoms with Crippen molar-refractivity contribution >= 4 is 28.3 Å². The first-order valence-corrected chi connectivity index (χ1v) is 10.1. The molecule has 0 radical (unpaired) electrons. The van der Waals surface area contributed by atoms with Crippen molar-refractivity contribution in [2.24, 2.45) is 10.7 Å². The van der Waals surface area contributed by atoms with Crippen molar-refractivity contribution in [3.8, 4) is 11.3 Å². The number of rotatable bonds is 4. The fraction of sp³-hybridized carbons (Fsp3) is 0.333. The zero-order valence-electron chi connectivity index (χ0n) is 16.6. The Morgan fingerprint density at radius 3 is 2.73 bits per heavy atom. The van der Waals surface area contributed by atoms with Gasteiger partial charge in [-0.1, -0.05) is 0 Å². The Morgan fingerprint density at radius 1 is 1.17 bits per heavy atom. The maximum absolute atomic E-state index is 6.05. The molecular formula is C21H24N8O. The Labute approximate surface area is 174 Å². The second-order valence-corrected chi connectivity index (χ2v) is 7.22. The van der Waals surface area contributed by atoms with Gasteiger partial charge in [0.05, 0.1) is 31.0 Å². The van der Waals surface area contributed by atoms with Crippen LogP contribution in [0.1, 0.15) is 5.56 Å². The maximum atomic E-state index is 6.05. The third kappa shape index (κ3) is 3.42. The molecule has 9 heteroatoms. The van der Waals surface area contributed by atoms with E-state index in [1.807, 2.05) is 18.3 Å². The Hall–Kier alpha value is -3.30. The van der Waals surface area contributed by atoms with Crippen molar-refractivity contribution in [1.82, 2.24) is 25.3 Å². The predicted molar refractivity (Wildman–Crippen MR) is 117 cm³/mol. The molecule has 154 valence electrons. The largest absolute Gasteiger partial charge is 0.404 e. The zero-order valence-corrected chi connectivity index (χ0v) is 16.6. The second kappa shape index (κ2) is 8.21. The van der Waals surface area contributed by atoms with Gasteiger partial charge in [-0.3, -0.25) is 9.98 Å². The summed E-state index contributed by atoms with van der Waals surface area (Å²) in [7, 11) is 0. The van der Waals surface area contributed by atoms with E-state index < -0.39 is 0 Å². The van der Waals surface area contributed by atoms with Gasteiger partial charge in [0.25, 0.3) is 0 Å². The minimum atomic E-state index is 0.669. The van der Waals surface area contributed by atoms with E-state index >= 15 is 0 Å². The Kier molecular flexibility index (Phi) is 5.12. The van der Waals surface area contributed by atoms with Gasteiger partial charge < -0.3 is 25.7 Å². The number of aromatic amines is 1. The van der Waals surface area contributed by atoms with Gasteiger partial charge in [0.2, 0.25) is 5.95 Å². The van der Waals surface area contributed by atoms with Crippen LogP contribution in [0.3, 0.4) is 0 Å². The van der Waals surface area contributed by atoms with E-state index in [4.69, 9.17) is 20.4 Å². The summed E-state index contributed by atoms with van der Waals surface area (Å²) in [6.07, 6.45) is 7.12.